The molecule has 0 bridgehead atoms. The number of hydrogen-bond acceptors (Lipinski definition) is 3. The van der Waals surface area contributed by atoms with Gasteiger partial charge in [0.2, 0.25) is 10.0 Å². The summed E-state index contributed by atoms with van der Waals surface area (Å²) in [5.74, 6) is 0.589. The van der Waals surface area contributed by atoms with E-state index in [1.54, 1.807) is 22.5 Å². The van der Waals surface area contributed by atoms with E-state index in [4.69, 9.17) is 5.11 Å². The largest absolute Gasteiger partial charge is 0.392 e. The van der Waals surface area contributed by atoms with Crippen LogP contribution in [0, 0.1) is 5.92 Å². The van der Waals surface area contributed by atoms with E-state index in [1.807, 2.05) is 0 Å². The summed E-state index contributed by atoms with van der Waals surface area (Å²) in [6.45, 7) is 3.21. The number of aliphatic hydroxyl groups is 1. The van der Waals surface area contributed by atoms with E-state index in [1.165, 1.54) is 0 Å². The van der Waals surface area contributed by atoms with Crippen molar-refractivity contribution in [2.24, 2.45) is 5.92 Å². The topological polar surface area (TPSA) is 57.6 Å². The van der Waals surface area contributed by atoms with E-state index >= 15 is 0 Å². The van der Waals surface area contributed by atoms with Crippen LogP contribution in [0.3, 0.4) is 0 Å². The molecule has 1 aromatic carbocycles. The second-order valence-corrected chi connectivity index (χ2v) is 7.77. The highest BCUT2D eigenvalue weighted by atomic mass is 79.9. The number of sulfonamides is 1. The predicted octanol–water partition coefficient (Wildman–Crippen LogP) is 2.36. The molecule has 19 heavy (non-hydrogen) atoms. The van der Waals surface area contributed by atoms with E-state index < -0.39 is 10.0 Å². The summed E-state index contributed by atoms with van der Waals surface area (Å²) in [6, 6.07) is 4.85. The van der Waals surface area contributed by atoms with Crippen LogP contribution in [0.1, 0.15) is 25.3 Å². The molecular weight excluding hydrogens is 330 g/mol. The molecule has 1 saturated heterocycles. The van der Waals surface area contributed by atoms with Gasteiger partial charge in [0.15, 0.2) is 0 Å². The molecular formula is C13H18BrNO3S. The molecule has 0 radical (unpaired) electrons. The van der Waals surface area contributed by atoms with Crippen LogP contribution in [-0.2, 0) is 16.6 Å². The van der Waals surface area contributed by atoms with Gasteiger partial charge in [-0.05, 0) is 52.4 Å². The highest BCUT2D eigenvalue weighted by Gasteiger charge is 2.29. The molecule has 1 aliphatic heterocycles. The average Bonchev–Trinajstić information content (AvgIpc) is 2.38. The van der Waals surface area contributed by atoms with Crippen molar-refractivity contribution >= 4 is 26.0 Å². The lowest BCUT2D eigenvalue weighted by atomic mass is 10.0. The molecule has 0 unspecified atom stereocenters. The fourth-order valence-electron chi connectivity index (χ4n) is 2.22. The Hall–Kier alpha value is -0.430. The quantitative estimate of drug-likeness (QED) is 0.912. The third-order valence-electron chi connectivity index (χ3n) is 3.54. The number of rotatable bonds is 3. The fourth-order valence-corrected chi connectivity index (χ4v) is 4.77. The molecule has 0 spiro atoms. The molecule has 0 aliphatic carbocycles. The molecule has 1 aromatic rings. The van der Waals surface area contributed by atoms with Crippen LogP contribution in [0.25, 0.3) is 0 Å². The minimum atomic E-state index is -3.44. The molecule has 1 aliphatic rings. The van der Waals surface area contributed by atoms with Gasteiger partial charge in [-0.15, -0.1) is 0 Å². The lowest BCUT2D eigenvalue weighted by molar-refractivity contribution is 0.281. The minimum absolute atomic E-state index is 0.0971. The van der Waals surface area contributed by atoms with Crippen molar-refractivity contribution < 1.29 is 13.5 Å². The zero-order valence-corrected chi connectivity index (χ0v) is 13.2. The van der Waals surface area contributed by atoms with Crippen molar-refractivity contribution in [3.05, 3.63) is 28.2 Å². The van der Waals surface area contributed by atoms with Crippen LogP contribution >= 0.6 is 15.9 Å². The van der Waals surface area contributed by atoms with Crippen LogP contribution < -0.4 is 0 Å². The van der Waals surface area contributed by atoms with Gasteiger partial charge in [-0.1, -0.05) is 13.0 Å². The summed E-state index contributed by atoms with van der Waals surface area (Å²) in [6.07, 6.45) is 1.82. The molecule has 1 fully saturated rings. The van der Waals surface area contributed by atoms with Gasteiger partial charge in [-0.25, -0.2) is 8.42 Å². The number of nitrogens with zero attached hydrogens (tertiary/aromatic N) is 1. The highest BCUT2D eigenvalue weighted by Crippen LogP contribution is 2.29. The van der Waals surface area contributed by atoms with Crippen molar-refractivity contribution in [1.29, 1.82) is 0 Å². The second kappa shape index (κ2) is 5.91. The Labute approximate surface area is 122 Å². The van der Waals surface area contributed by atoms with Crippen molar-refractivity contribution in [3.8, 4) is 0 Å². The standard InChI is InChI=1S/C13H18BrNO3S/c1-10-4-6-15(7-5-10)19(17,18)13-3-2-11(9-16)8-12(13)14/h2-3,8,10,16H,4-7,9H2,1H3. The predicted molar refractivity (Wildman–Crippen MR) is 77.2 cm³/mol. The first-order chi connectivity index (χ1) is 8.95. The lowest BCUT2D eigenvalue weighted by Crippen LogP contribution is -2.38. The summed E-state index contributed by atoms with van der Waals surface area (Å²) in [5, 5.41) is 9.05. The van der Waals surface area contributed by atoms with Crippen molar-refractivity contribution in [3.63, 3.8) is 0 Å². The Balaban J connectivity index is 2.29. The van der Waals surface area contributed by atoms with E-state index in [0.717, 1.165) is 12.8 Å². The Morgan fingerprint density at radius 1 is 1.37 bits per heavy atom. The second-order valence-electron chi connectivity index (χ2n) is 5.01. The summed E-state index contributed by atoms with van der Waals surface area (Å²) in [4.78, 5) is 0.277. The van der Waals surface area contributed by atoms with Crippen molar-refractivity contribution in [2.45, 2.75) is 31.3 Å². The molecule has 1 N–H and O–H groups in total. The first-order valence-electron chi connectivity index (χ1n) is 6.34. The Morgan fingerprint density at radius 3 is 2.53 bits per heavy atom. The van der Waals surface area contributed by atoms with Crippen LogP contribution in [0.2, 0.25) is 0 Å². The first-order valence-corrected chi connectivity index (χ1v) is 8.58. The first kappa shape index (κ1) is 15.0. The molecule has 0 amide bonds. The number of benzene rings is 1. The van der Waals surface area contributed by atoms with Crippen LogP contribution in [0.15, 0.2) is 27.6 Å². The summed E-state index contributed by atoms with van der Waals surface area (Å²) in [5.41, 5.74) is 0.693. The molecule has 1 heterocycles. The number of aliphatic hydroxyl groups excluding tert-OH is 1. The van der Waals surface area contributed by atoms with Crippen LogP contribution in [-0.4, -0.2) is 30.9 Å². The van der Waals surface area contributed by atoms with Gasteiger partial charge in [0.05, 0.1) is 11.5 Å². The fraction of sp³-hybridized carbons (Fsp3) is 0.538. The highest BCUT2D eigenvalue weighted by molar-refractivity contribution is 9.10. The maximum absolute atomic E-state index is 12.5. The van der Waals surface area contributed by atoms with E-state index in [2.05, 4.69) is 22.9 Å². The molecule has 6 heteroatoms. The van der Waals surface area contributed by atoms with Crippen LogP contribution in [0.4, 0.5) is 0 Å². The Bertz CT molecular complexity index is 551. The van der Waals surface area contributed by atoms with Gasteiger partial charge in [0.25, 0.3) is 0 Å². The van der Waals surface area contributed by atoms with Crippen LogP contribution in [0.5, 0.6) is 0 Å². The van der Waals surface area contributed by atoms with Crippen molar-refractivity contribution in [1.82, 2.24) is 4.31 Å². The zero-order valence-electron chi connectivity index (χ0n) is 10.8. The van der Waals surface area contributed by atoms with Gasteiger partial charge < -0.3 is 5.11 Å². The van der Waals surface area contributed by atoms with E-state index in [0.29, 0.717) is 29.0 Å². The summed E-state index contributed by atoms with van der Waals surface area (Å²) < 4.78 is 27.2. The SMILES string of the molecule is CC1CCN(S(=O)(=O)c2ccc(CO)cc2Br)CC1. The van der Waals surface area contributed by atoms with Crippen molar-refractivity contribution in [2.75, 3.05) is 13.1 Å². The average molecular weight is 348 g/mol. The van der Waals surface area contributed by atoms with E-state index in [-0.39, 0.29) is 11.5 Å². The van der Waals surface area contributed by atoms with E-state index in [9.17, 15) is 8.42 Å². The molecule has 2 rings (SSSR count). The molecule has 0 saturated carbocycles. The van der Waals surface area contributed by atoms with Gasteiger partial charge in [-0.3, -0.25) is 0 Å². The van der Waals surface area contributed by atoms with Gasteiger partial charge in [0, 0.05) is 17.6 Å². The smallest absolute Gasteiger partial charge is 0.244 e. The molecule has 106 valence electrons. The zero-order chi connectivity index (χ0) is 14.0. The Kier molecular flexibility index (Phi) is 4.66. The minimum Gasteiger partial charge on any atom is -0.392 e. The number of hydrogen-bond donors (Lipinski definition) is 1. The maximum Gasteiger partial charge on any atom is 0.244 e. The summed E-state index contributed by atoms with van der Waals surface area (Å²) >= 11 is 3.29. The maximum atomic E-state index is 12.5. The third-order valence-corrected chi connectivity index (χ3v) is 6.41. The molecule has 4 nitrogen and oxygen atoms in total. The normalized spacial score (nSPS) is 18.7. The van der Waals surface area contributed by atoms with Gasteiger partial charge in [0.1, 0.15) is 0 Å². The lowest BCUT2D eigenvalue weighted by Gasteiger charge is -2.29. The third kappa shape index (κ3) is 3.18. The van der Waals surface area contributed by atoms with Gasteiger partial charge in [-0.2, -0.15) is 4.31 Å². The van der Waals surface area contributed by atoms with Gasteiger partial charge >= 0.3 is 0 Å². The molecule has 0 aromatic heterocycles. The summed E-state index contributed by atoms with van der Waals surface area (Å²) in [7, 11) is -3.44. The number of halogens is 1. The Morgan fingerprint density at radius 2 is 2.00 bits per heavy atom. The molecule has 0 atom stereocenters. The number of piperidine rings is 1. The monoisotopic (exact) mass is 347 g/mol.